The van der Waals surface area contributed by atoms with Gasteiger partial charge in [-0.1, -0.05) is 18.2 Å². The zero-order valence-corrected chi connectivity index (χ0v) is 14.2. The van der Waals surface area contributed by atoms with Crippen LogP contribution in [0.25, 0.3) is 0 Å². The minimum absolute atomic E-state index is 0.0197. The van der Waals surface area contributed by atoms with Crippen molar-refractivity contribution in [2.75, 3.05) is 32.8 Å². The summed E-state index contributed by atoms with van der Waals surface area (Å²) in [4.78, 5) is 27.6. The maximum atomic E-state index is 13.7. The highest BCUT2D eigenvalue weighted by molar-refractivity contribution is 5.85. The Morgan fingerprint density at radius 1 is 1.28 bits per heavy atom. The molecule has 25 heavy (non-hydrogen) atoms. The topological polar surface area (TPSA) is 61.9 Å². The minimum atomic E-state index is -0.317. The number of benzene rings is 1. The number of ether oxygens (including phenoxy) is 1. The molecule has 3 amide bonds. The average Bonchev–Trinajstić information content (AvgIpc) is 2.64. The third kappa shape index (κ3) is 4.69. The lowest BCUT2D eigenvalue weighted by Gasteiger charge is -2.34. The van der Waals surface area contributed by atoms with Crippen LogP contribution in [0.5, 0.6) is 0 Å². The van der Waals surface area contributed by atoms with Gasteiger partial charge in [0.1, 0.15) is 12.4 Å². The van der Waals surface area contributed by atoms with Gasteiger partial charge in [0.25, 0.3) is 0 Å². The van der Waals surface area contributed by atoms with Gasteiger partial charge in [0, 0.05) is 38.3 Å². The van der Waals surface area contributed by atoms with Crippen molar-refractivity contribution >= 4 is 11.9 Å². The molecule has 0 spiro atoms. The lowest BCUT2D eigenvalue weighted by molar-refractivity contribution is -0.135. The fourth-order valence-corrected chi connectivity index (χ4v) is 3.16. The molecule has 7 heteroatoms. The smallest absolute Gasteiger partial charge is 0.318 e. The Labute approximate surface area is 146 Å². The van der Waals surface area contributed by atoms with Crippen LogP contribution < -0.4 is 5.32 Å². The fourth-order valence-electron chi connectivity index (χ4n) is 3.16. The molecule has 2 aliphatic heterocycles. The Morgan fingerprint density at radius 3 is 2.84 bits per heavy atom. The molecule has 6 nitrogen and oxygen atoms in total. The Hall–Kier alpha value is -2.15. The summed E-state index contributed by atoms with van der Waals surface area (Å²) in [6.45, 7) is 2.32. The van der Waals surface area contributed by atoms with Crippen LogP contribution in [0.1, 0.15) is 24.8 Å². The lowest BCUT2D eigenvalue weighted by atomic mass is 10.1. The number of amides is 3. The van der Waals surface area contributed by atoms with Crippen LogP contribution in [0.4, 0.5) is 9.18 Å². The SMILES string of the molecule is O=C1CN(C(=O)NC[C@@H]2CCCCO2)CCN1Cc1ccccc1F. The van der Waals surface area contributed by atoms with Crippen LogP contribution in [0.15, 0.2) is 24.3 Å². The quantitative estimate of drug-likeness (QED) is 0.901. The van der Waals surface area contributed by atoms with E-state index < -0.39 is 0 Å². The molecule has 0 radical (unpaired) electrons. The standard InChI is InChI=1S/C18H24FN3O3/c19-16-7-2-1-5-14(16)12-21-8-9-22(13-17(21)23)18(24)20-11-15-6-3-4-10-25-15/h1-2,5,7,15H,3-4,6,8-13H2,(H,20,24)/t15-/m0/s1. The van der Waals surface area contributed by atoms with Gasteiger partial charge in [-0.05, 0) is 25.3 Å². The number of nitrogens with one attached hydrogen (secondary N) is 1. The molecule has 136 valence electrons. The number of carbonyl (C=O) groups excluding carboxylic acids is 2. The summed E-state index contributed by atoms with van der Waals surface area (Å²) < 4.78 is 19.3. The third-order valence-corrected chi connectivity index (χ3v) is 4.68. The van der Waals surface area contributed by atoms with Crippen molar-refractivity contribution in [2.45, 2.75) is 31.9 Å². The van der Waals surface area contributed by atoms with Crippen molar-refractivity contribution in [1.82, 2.24) is 15.1 Å². The van der Waals surface area contributed by atoms with Crippen LogP contribution in [-0.2, 0) is 16.1 Å². The fraction of sp³-hybridized carbons (Fsp3) is 0.556. The van der Waals surface area contributed by atoms with Gasteiger partial charge < -0.3 is 19.9 Å². The molecule has 2 heterocycles. The molecule has 0 bridgehead atoms. The van der Waals surface area contributed by atoms with Gasteiger partial charge in [-0.2, -0.15) is 0 Å². The summed E-state index contributed by atoms with van der Waals surface area (Å²) in [7, 11) is 0. The van der Waals surface area contributed by atoms with E-state index in [0.29, 0.717) is 25.2 Å². The van der Waals surface area contributed by atoms with Crippen molar-refractivity contribution in [2.24, 2.45) is 0 Å². The van der Waals surface area contributed by atoms with Crippen molar-refractivity contribution in [3.05, 3.63) is 35.6 Å². The maximum Gasteiger partial charge on any atom is 0.318 e. The lowest BCUT2D eigenvalue weighted by Crippen LogP contribution is -2.55. The van der Waals surface area contributed by atoms with E-state index in [1.807, 2.05) is 0 Å². The summed E-state index contributed by atoms with van der Waals surface area (Å²) in [5.74, 6) is -0.485. The van der Waals surface area contributed by atoms with Crippen molar-refractivity contribution < 1.29 is 18.7 Å². The van der Waals surface area contributed by atoms with Gasteiger partial charge >= 0.3 is 6.03 Å². The first-order valence-corrected chi connectivity index (χ1v) is 8.79. The first-order chi connectivity index (χ1) is 12.1. The van der Waals surface area contributed by atoms with E-state index in [9.17, 15) is 14.0 Å². The van der Waals surface area contributed by atoms with E-state index in [1.165, 1.54) is 11.0 Å². The van der Waals surface area contributed by atoms with E-state index in [1.54, 1.807) is 23.1 Å². The predicted molar refractivity (Wildman–Crippen MR) is 90.4 cm³/mol. The number of carbonyl (C=O) groups is 2. The van der Waals surface area contributed by atoms with E-state index in [0.717, 1.165) is 25.9 Å². The zero-order valence-electron chi connectivity index (χ0n) is 14.2. The number of rotatable bonds is 4. The molecule has 1 aromatic carbocycles. The van der Waals surface area contributed by atoms with E-state index in [4.69, 9.17) is 4.74 Å². The number of hydrogen-bond acceptors (Lipinski definition) is 3. The summed E-state index contributed by atoms with van der Waals surface area (Å²) in [5, 5.41) is 2.85. The number of piperazine rings is 1. The second-order valence-corrected chi connectivity index (χ2v) is 6.50. The monoisotopic (exact) mass is 349 g/mol. The van der Waals surface area contributed by atoms with Crippen LogP contribution in [0.2, 0.25) is 0 Å². The molecule has 0 aromatic heterocycles. The van der Waals surface area contributed by atoms with Crippen molar-refractivity contribution in [3.63, 3.8) is 0 Å². The van der Waals surface area contributed by atoms with Gasteiger partial charge in [-0.25, -0.2) is 9.18 Å². The van der Waals surface area contributed by atoms with Crippen LogP contribution >= 0.6 is 0 Å². The van der Waals surface area contributed by atoms with Gasteiger partial charge in [-0.15, -0.1) is 0 Å². The van der Waals surface area contributed by atoms with Gasteiger partial charge in [-0.3, -0.25) is 4.79 Å². The minimum Gasteiger partial charge on any atom is -0.376 e. The first kappa shape index (κ1) is 17.7. The molecule has 0 unspecified atom stereocenters. The van der Waals surface area contributed by atoms with Crippen LogP contribution in [0, 0.1) is 5.82 Å². The second-order valence-electron chi connectivity index (χ2n) is 6.50. The Bertz CT molecular complexity index is 619. The maximum absolute atomic E-state index is 13.7. The summed E-state index contributed by atoms with van der Waals surface area (Å²) >= 11 is 0. The summed E-state index contributed by atoms with van der Waals surface area (Å²) in [6.07, 6.45) is 3.21. The average molecular weight is 349 g/mol. The summed E-state index contributed by atoms with van der Waals surface area (Å²) in [6, 6.07) is 6.19. The Balaban J connectivity index is 1.46. The Kier molecular flexibility index (Phi) is 5.86. The number of urea groups is 1. The molecule has 2 saturated heterocycles. The van der Waals surface area contributed by atoms with E-state index in [2.05, 4.69) is 5.32 Å². The second kappa shape index (κ2) is 8.29. The molecule has 2 aliphatic rings. The molecule has 3 rings (SSSR count). The molecule has 2 fully saturated rings. The molecular weight excluding hydrogens is 325 g/mol. The van der Waals surface area contributed by atoms with E-state index in [-0.39, 0.29) is 36.9 Å². The predicted octanol–water partition coefficient (Wildman–Crippen LogP) is 1.75. The molecular formula is C18H24FN3O3. The molecule has 0 aliphatic carbocycles. The van der Waals surface area contributed by atoms with Gasteiger partial charge in [0.05, 0.1) is 6.10 Å². The number of halogens is 1. The van der Waals surface area contributed by atoms with Crippen LogP contribution in [0.3, 0.4) is 0 Å². The Morgan fingerprint density at radius 2 is 2.12 bits per heavy atom. The molecule has 1 N–H and O–H groups in total. The van der Waals surface area contributed by atoms with Crippen molar-refractivity contribution in [3.8, 4) is 0 Å². The normalized spacial score (nSPS) is 21.3. The first-order valence-electron chi connectivity index (χ1n) is 8.79. The van der Waals surface area contributed by atoms with Crippen molar-refractivity contribution in [1.29, 1.82) is 0 Å². The summed E-state index contributed by atoms with van der Waals surface area (Å²) in [5.41, 5.74) is 0.489. The highest BCUT2D eigenvalue weighted by atomic mass is 19.1. The van der Waals surface area contributed by atoms with Gasteiger partial charge in [0.2, 0.25) is 5.91 Å². The largest absolute Gasteiger partial charge is 0.376 e. The third-order valence-electron chi connectivity index (χ3n) is 4.68. The molecule has 0 saturated carbocycles. The van der Waals surface area contributed by atoms with Crippen LogP contribution in [-0.4, -0.2) is 60.6 Å². The zero-order chi connectivity index (χ0) is 17.6. The highest BCUT2D eigenvalue weighted by Gasteiger charge is 2.28. The molecule has 1 aromatic rings. The van der Waals surface area contributed by atoms with E-state index >= 15 is 0 Å². The highest BCUT2D eigenvalue weighted by Crippen LogP contribution is 2.14. The number of hydrogen-bond donors (Lipinski definition) is 1. The molecule has 1 atom stereocenters. The number of nitrogens with zero attached hydrogens (tertiary/aromatic N) is 2. The van der Waals surface area contributed by atoms with Gasteiger partial charge in [0.15, 0.2) is 0 Å².